The summed E-state index contributed by atoms with van der Waals surface area (Å²) < 4.78 is 13.6. The highest BCUT2D eigenvalue weighted by atomic mass is 35.5. The van der Waals surface area contributed by atoms with Crippen LogP contribution in [0.3, 0.4) is 0 Å². The fourth-order valence-electron chi connectivity index (χ4n) is 1.67. The van der Waals surface area contributed by atoms with Crippen LogP contribution in [0.5, 0.6) is 0 Å². The molecule has 0 saturated heterocycles. The van der Waals surface area contributed by atoms with Crippen LogP contribution in [0.4, 0.5) is 10.2 Å². The summed E-state index contributed by atoms with van der Waals surface area (Å²) in [6.07, 6.45) is 2.16. The van der Waals surface area contributed by atoms with Gasteiger partial charge in [-0.25, -0.2) is 14.4 Å². The first-order valence-corrected chi connectivity index (χ1v) is 5.98. The topological polar surface area (TPSA) is 37.8 Å². The van der Waals surface area contributed by atoms with Crippen molar-refractivity contribution in [1.29, 1.82) is 0 Å². The monoisotopic (exact) mass is 271 g/mol. The van der Waals surface area contributed by atoms with E-state index in [0.29, 0.717) is 22.3 Å². The number of rotatable bonds is 2. The zero-order valence-corrected chi connectivity index (χ0v) is 10.2. The van der Waals surface area contributed by atoms with Crippen LogP contribution in [0, 0.1) is 5.82 Å². The molecule has 0 aliphatic heterocycles. The molecule has 1 aliphatic carbocycles. The predicted molar refractivity (Wildman–Crippen MR) is 66.2 cm³/mol. The third-order valence-electron chi connectivity index (χ3n) is 2.64. The van der Waals surface area contributed by atoms with Crippen LogP contribution in [0.25, 0.3) is 10.9 Å². The van der Waals surface area contributed by atoms with Crippen molar-refractivity contribution in [2.75, 3.05) is 5.32 Å². The quantitative estimate of drug-likeness (QED) is 0.848. The summed E-state index contributed by atoms with van der Waals surface area (Å²) in [5.41, 5.74) is 0.153. The molecule has 88 valence electrons. The van der Waals surface area contributed by atoms with Crippen molar-refractivity contribution in [2.24, 2.45) is 0 Å². The van der Waals surface area contributed by atoms with Gasteiger partial charge in [-0.2, -0.15) is 0 Å². The summed E-state index contributed by atoms with van der Waals surface area (Å²) >= 11 is 11.8. The molecule has 1 aromatic heterocycles. The summed E-state index contributed by atoms with van der Waals surface area (Å²) in [5.74, 6) is 0.0551. The van der Waals surface area contributed by atoms with Crippen molar-refractivity contribution in [3.8, 4) is 0 Å². The number of hydrogen-bond donors (Lipinski definition) is 1. The molecule has 1 fully saturated rings. The second kappa shape index (κ2) is 3.96. The maximum absolute atomic E-state index is 13.6. The lowest BCUT2D eigenvalue weighted by atomic mass is 10.2. The second-order valence-corrected chi connectivity index (χ2v) is 4.76. The SMILES string of the molecule is Fc1ccc(Cl)c2c(NC3CC3)nc(Cl)nc12. The van der Waals surface area contributed by atoms with E-state index in [1.165, 1.54) is 12.1 Å². The van der Waals surface area contributed by atoms with Gasteiger partial charge in [0.1, 0.15) is 17.2 Å². The highest BCUT2D eigenvalue weighted by molar-refractivity contribution is 6.36. The molecule has 0 bridgehead atoms. The van der Waals surface area contributed by atoms with Gasteiger partial charge in [0.05, 0.1) is 10.4 Å². The fourth-order valence-corrected chi connectivity index (χ4v) is 2.08. The van der Waals surface area contributed by atoms with Gasteiger partial charge in [-0.15, -0.1) is 0 Å². The van der Waals surface area contributed by atoms with Gasteiger partial charge in [-0.05, 0) is 36.6 Å². The summed E-state index contributed by atoms with van der Waals surface area (Å²) in [6.45, 7) is 0. The molecule has 0 unspecified atom stereocenters. The van der Waals surface area contributed by atoms with Gasteiger partial charge in [0, 0.05) is 6.04 Å². The molecule has 0 atom stereocenters. The lowest BCUT2D eigenvalue weighted by Crippen LogP contribution is -2.05. The summed E-state index contributed by atoms with van der Waals surface area (Å²) in [5, 5.41) is 4.10. The van der Waals surface area contributed by atoms with Crippen LogP contribution in [0.15, 0.2) is 12.1 Å². The van der Waals surface area contributed by atoms with Crippen LogP contribution >= 0.6 is 23.2 Å². The molecule has 1 aromatic carbocycles. The minimum Gasteiger partial charge on any atom is -0.367 e. The molecule has 1 aliphatic rings. The first-order valence-electron chi connectivity index (χ1n) is 5.23. The Morgan fingerprint density at radius 3 is 2.71 bits per heavy atom. The molecule has 6 heteroatoms. The molecule has 2 aromatic rings. The fraction of sp³-hybridized carbons (Fsp3) is 0.273. The highest BCUT2D eigenvalue weighted by Crippen LogP contribution is 2.33. The Kier molecular flexibility index (Phi) is 2.56. The Hall–Kier alpha value is -1.13. The average Bonchev–Trinajstić information content (AvgIpc) is 3.07. The Morgan fingerprint density at radius 1 is 1.24 bits per heavy atom. The molecule has 0 radical (unpaired) electrons. The minimum atomic E-state index is -0.451. The number of nitrogens with zero attached hydrogens (tertiary/aromatic N) is 2. The lowest BCUT2D eigenvalue weighted by molar-refractivity contribution is 0.636. The molecular formula is C11H8Cl2FN3. The summed E-state index contributed by atoms with van der Waals surface area (Å²) in [6, 6.07) is 3.15. The second-order valence-electron chi connectivity index (χ2n) is 4.01. The smallest absolute Gasteiger partial charge is 0.225 e. The first kappa shape index (κ1) is 11.0. The minimum absolute atomic E-state index is 0.0156. The van der Waals surface area contributed by atoms with Crippen molar-refractivity contribution in [1.82, 2.24) is 9.97 Å². The van der Waals surface area contributed by atoms with Gasteiger partial charge in [-0.1, -0.05) is 11.6 Å². The van der Waals surface area contributed by atoms with Crippen LogP contribution in [-0.4, -0.2) is 16.0 Å². The van der Waals surface area contributed by atoms with E-state index in [1.54, 1.807) is 0 Å². The van der Waals surface area contributed by atoms with Crippen molar-refractivity contribution in [3.05, 3.63) is 28.3 Å². The number of halogens is 3. The van der Waals surface area contributed by atoms with Crippen molar-refractivity contribution in [2.45, 2.75) is 18.9 Å². The first-order chi connectivity index (χ1) is 8.15. The predicted octanol–water partition coefficient (Wildman–Crippen LogP) is 3.65. The Bertz CT molecular complexity index is 599. The number of anilines is 1. The highest BCUT2D eigenvalue weighted by Gasteiger charge is 2.24. The zero-order valence-electron chi connectivity index (χ0n) is 8.67. The van der Waals surface area contributed by atoms with Crippen molar-refractivity contribution in [3.63, 3.8) is 0 Å². The van der Waals surface area contributed by atoms with E-state index in [0.717, 1.165) is 12.8 Å². The van der Waals surface area contributed by atoms with Gasteiger partial charge in [0.2, 0.25) is 5.28 Å². The van der Waals surface area contributed by atoms with E-state index in [1.807, 2.05) is 0 Å². The van der Waals surface area contributed by atoms with E-state index < -0.39 is 5.82 Å². The average molecular weight is 272 g/mol. The number of hydrogen-bond acceptors (Lipinski definition) is 3. The Morgan fingerprint density at radius 2 is 2.00 bits per heavy atom. The third kappa shape index (κ3) is 2.03. The number of benzene rings is 1. The largest absolute Gasteiger partial charge is 0.367 e. The Labute approximate surface area is 107 Å². The van der Waals surface area contributed by atoms with Gasteiger partial charge in [0.15, 0.2) is 0 Å². The van der Waals surface area contributed by atoms with Crippen LogP contribution in [0.2, 0.25) is 10.3 Å². The normalized spacial score (nSPS) is 15.2. The number of aromatic nitrogens is 2. The Balaban J connectivity index is 2.27. The summed E-state index contributed by atoms with van der Waals surface area (Å²) in [7, 11) is 0. The van der Waals surface area contributed by atoms with Gasteiger partial charge < -0.3 is 5.32 Å². The van der Waals surface area contributed by atoms with Gasteiger partial charge in [-0.3, -0.25) is 0 Å². The molecule has 17 heavy (non-hydrogen) atoms. The number of nitrogens with one attached hydrogen (secondary N) is 1. The van der Waals surface area contributed by atoms with E-state index in [9.17, 15) is 4.39 Å². The van der Waals surface area contributed by atoms with Gasteiger partial charge in [0.25, 0.3) is 0 Å². The van der Waals surface area contributed by atoms with E-state index in [4.69, 9.17) is 23.2 Å². The van der Waals surface area contributed by atoms with Crippen molar-refractivity contribution >= 4 is 39.9 Å². The molecule has 3 rings (SSSR count). The number of fused-ring (bicyclic) bond motifs is 1. The van der Waals surface area contributed by atoms with E-state index >= 15 is 0 Å². The maximum atomic E-state index is 13.6. The molecule has 1 heterocycles. The zero-order chi connectivity index (χ0) is 12.0. The van der Waals surface area contributed by atoms with Crippen LogP contribution in [0.1, 0.15) is 12.8 Å². The molecular weight excluding hydrogens is 264 g/mol. The lowest BCUT2D eigenvalue weighted by Gasteiger charge is -2.09. The standard InChI is InChI=1S/C11H8Cl2FN3/c12-6-3-4-7(14)9-8(6)10(15-5-1-2-5)17-11(13)16-9/h3-5H,1-2H2,(H,15,16,17). The van der Waals surface area contributed by atoms with Gasteiger partial charge >= 0.3 is 0 Å². The van der Waals surface area contributed by atoms with Crippen molar-refractivity contribution < 1.29 is 4.39 Å². The van der Waals surface area contributed by atoms with Crippen LogP contribution < -0.4 is 5.32 Å². The molecule has 1 saturated carbocycles. The third-order valence-corrected chi connectivity index (χ3v) is 3.12. The summed E-state index contributed by atoms with van der Waals surface area (Å²) in [4.78, 5) is 7.95. The van der Waals surface area contributed by atoms with E-state index in [2.05, 4.69) is 15.3 Å². The molecule has 1 N–H and O–H groups in total. The van der Waals surface area contributed by atoms with E-state index in [-0.39, 0.29) is 10.8 Å². The molecule has 0 spiro atoms. The maximum Gasteiger partial charge on any atom is 0.225 e. The molecule has 0 amide bonds. The molecule has 3 nitrogen and oxygen atoms in total. The van der Waals surface area contributed by atoms with Crippen LogP contribution in [-0.2, 0) is 0 Å².